The first-order chi connectivity index (χ1) is 7.13. The summed E-state index contributed by atoms with van der Waals surface area (Å²) in [6.45, 7) is 11.3. The SMILES string of the molecule is CC1CCN(C2(C)CCOC2C)CCN1. The van der Waals surface area contributed by atoms with Crippen molar-refractivity contribution < 1.29 is 4.74 Å². The van der Waals surface area contributed by atoms with Gasteiger partial charge >= 0.3 is 0 Å². The third-order valence-corrected chi connectivity index (χ3v) is 4.28. The highest BCUT2D eigenvalue weighted by molar-refractivity contribution is 4.96. The first kappa shape index (κ1) is 11.4. The van der Waals surface area contributed by atoms with E-state index in [2.05, 4.69) is 31.0 Å². The highest BCUT2D eigenvalue weighted by atomic mass is 16.5. The van der Waals surface area contributed by atoms with Crippen molar-refractivity contribution in [3.05, 3.63) is 0 Å². The van der Waals surface area contributed by atoms with E-state index in [9.17, 15) is 0 Å². The van der Waals surface area contributed by atoms with Gasteiger partial charge < -0.3 is 10.1 Å². The molecule has 2 rings (SSSR count). The Hall–Kier alpha value is -0.120. The number of nitrogens with zero attached hydrogens (tertiary/aromatic N) is 1. The predicted octanol–water partition coefficient (Wildman–Crippen LogP) is 1.24. The van der Waals surface area contributed by atoms with E-state index in [0.29, 0.717) is 12.1 Å². The summed E-state index contributed by atoms with van der Waals surface area (Å²) < 4.78 is 5.73. The summed E-state index contributed by atoms with van der Waals surface area (Å²) in [4.78, 5) is 2.63. The average Bonchev–Trinajstić information content (AvgIpc) is 2.42. The molecule has 0 aromatic heterocycles. The van der Waals surface area contributed by atoms with Crippen LogP contribution in [0.5, 0.6) is 0 Å². The van der Waals surface area contributed by atoms with E-state index in [1.807, 2.05) is 0 Å². The predicted molar refractivity (Wildman–Crippen MR) is 62.1 cm³/mol. The maximum Gasteiger partial charge on any atom is 0.0728 e. The third-order valence-electron chi connectivity index (χ3n) is 4.28. The maximum absolute atomic E-state index is 5.73. The molecule has 2 heterocycles. The van der Waals surface area contributed by atoms with Crippen LogP contribution in [0.3, 0.4) is 0 Å². The summed E-state index contributed by atoms with van der Waals surface area (Å²) in [5.74, 6) is 0. The molecule has 0 bridgehead atoms. The fraction of sp³-hybridized carbons (Fsp3) is 1.00. The zero-order chi connectivity index (χ0) is 10.9. The lowest BCUT2D eigenvalue weighted by molar-refractivity contribution is 0.0233. The molecule has 2 saturated heterocycles. The zero-order valence-electron chi connectivity index (χ0n) is 10.3. The Morgan fingerprint density at radius 1 is 1.33 bits per heavy atom. The molecule has 3 heteroatoms. The largest absolute Gasteiger partial charge is 0.377 e. The van der Waals surface area contributed by atoms with Gasteiger partial charge in [-0.25, -0.2) is 0 Å². The molecule has 1 N–H and O–H groups in total. The Bertz CT molecular complexity index is 222. The van der Waals surface area contributed by atoms with E-state index in [4.69, 9.17) is 4.74 Å². The van der Waals surface area contributed by atoms with Gasteiger partial charge in [-0.15, -0.1) is 0 Å². The minimum absolute atomic E-state index is 0.270. The minimum Gasteiger partial charge on any atom is -0.377 e. The molecule has 3 nitrogen and oxygen atoms in total. The van der Waals surface area contributed by atoms with Crippen molar-refractivity contribution >= 4 is 0 Å². The standard InChI is InChI=1S/C12H24N2O/c1-10-4-7-14(8-6-13-10)12(3)5-9-15-11(12)2/h10-11,13H,4-9H2,1-3H3. The van der Waals surface area contributed by atoms with Crippen LogP contribution in [0.2, 0.25) is 0 Å². The van der Waals surface area contributed by atoms with E-state index in [1.54, 1.807) is 0 Å². The number of hydrogen-bond acceptors (Lipinski definition) is 3. The number of rotatable bonds is 1. The smallest absolute Gasteiger partial charge is 0.0728 e. The molecule has 0 amide bonds. The van der Waals surface area contributed by atoms with Crippen LogP contribution in [0.1, 0.15) is 33.6 Å². The number of hydrogen-bond donors (Lipinski definition) is 1. The van der Waals surface area contributed by atoms with Gasteiger partial charge in [-0.05, 0) is 33.6 Å². The lowest BCUT2D eigenvalue weighted by Gasteiger charge is -2.39. The normalized spacial score (nSPS) is 44.2. The van der Waals surface area contributed by atoms with Gasteiger partial charge in [0.25, 0.3) is 0 Å². The highest BCUT2D eigenvalue weighted by Gasteiger charge is 2.42. The van der Waals surface area contributed by atoms with E-state index in [-0.39, 0.29) is 5.54 Å². The highest BCUT2D eigenvalue weighted by Crippen LogP contribution is 2.32. The Morgan fingerprint density at radius 3 is 2.80 bits per heavy atom. The lowest BCUT2D eigenvalue weighted by atomic mass is 9.92. The Balaban J connectivity index is 2.02. The van der Waals surface area contributed by atoms with Gasteiger partial charge in [0.05, 0.1) is 6.10 Å². The Labute approximate surface area is 93.2 Å². The molecule has 3 atom stereocenters. The lowest BCUT2D eigenvalue weighted by Crippen LogP contribution is -2.52. The van der Waals surface area contributed by atoms with Crippen molar-refractivity contribution in [1.82, 2.24) is 10.2 Å². The van der Waals surface area contributed by atoms with Crippen LogP contribution in [0.25, 0.3) is 0 Å². The van der Waals surface area contributed by atoms with Gasteiger partial charge in [-0.2, -0.15) is 0 Å². The first-order valence-corrected chi connectivity index (χ1v) is 6.23. The van der Waals surface area contributed by atoms with Crippen LogP contribution >= 0.6 is 0 Å². The van der Waals surface area contributed by atoms with Crippen molar-refractivity contribution in [3.63, 3.8) is 0 Å². The molecule has 15 heavy (non-hydrogen) atoms. The molecule has 0 aliphatic carbocycles. The molecule has 0 aromatic rings. The molecule has 2 fully saturated rings. The van der Waals surface area contributed by atoms with Crippen LogP contribution in [-0.2, 0) is 4.74 Å². The van der Waals surface area contributed by atoms with Crippen molar-refractivity contribution in [2.75, 3.05) is 26.2 Å². The molecule has 2 aliphatic heterocycles. The Morgan fingerprint density at radius 2 is 2.13 bits per heavy atom. The van der Waals surface area contributed by atoms with Crippen molar-refractivity contribution in [1.29, 1.82) is 0 Å². The van der Waals surface area contributed by atoms with Gasteiger partial charge in [-0.1, -0.05) is 0 Å². The summed E-state index contributed by atoms with van der Waals surface area (Å²) in [5, 5.41) is 3.55. The zero-order valence-corrected chi connectivity index (χ0v) is 10.3. The summed E-state index contributed by atoms with van der Waals surface area (Å²) in [7, 11) is 0. The monoisotopic (exact) mass is 212 g/mol. The topological polar surface area (TPSA) is 24.5 Å². The van der Waals surface area contributed by atoms with Crippen LogP contribution in [0, 0.1) is 0 Å². The molecule has 0 aromatic carbocycles. The van der Waals surface area contributed by atoms with E-state index >= 15 is 0 Å². The van der Waals surface area contributed by atoms with Crippen LogP contribution < -0.4 is 5.32 Å². The molecular weight excluding hydrogens is 188 g/mol. The van der Waals surface area contributed by atoms with Crippen molar-refractivity contribution in [2.45, 2.75) is 51.3 Å². The summed E-state index contributed by atoms with van der Waals surface area (Å²) in [5.41, 5.74) is 0.270. The van der Waals surface area contributed by atoms with Gasteiger partial charge in [0.1, 0.15) is 0 Å². The van der Waals surface area contributed by atoms with Crippen molar-refractivity contribution in [3.8, 4) is 0 Å². The second-order valence-electron chi connectivity index (χ2n) is 5.25. The second-order valence-corrected chi connectivity index (χ2v) is 5.25. The van der Waals surface area contributed by atoms with Gasteiger partial charge in [-0.3, -0.25) is 4.90 Å². The summed E-state index contributed by atoms with van der Waals surface area (Å²) in [6, 6.07) is 0.663. The van der Waals surface area contributed by atoms with Crippen LogP contribution in [0.4, 0.5) is 0 Å². The van der Waals surface area contributed by atoms with Gasteiger partial charge in [0.2, 0.25) is 0 Å². The molecule has 0 radical (unpaired) electrons. The van der Waals surface area contributed by atoms with Gasteiger partial charge in [0.15, 0.2) is 0 Å². The molecule has 3 unspecified atom stereocenters. The van der Waals surface area contributed by atoms with Crippen LogP contribution in [0.15, 0.2) is 0 Å². The molecular formula is C12H24N2O. The second kappa shape index (κ2) is 4.40. The third kappa shape index (κ3) is 2.19. The van der Waals surface area contributed by atoms with Crippen molar-refractivity contribution in [2.24, 2.45) is 0 Å². The van der Waals surface area contributed by atoms with Gasteiger partial charge in [0, 0.05) is 37.8 Å². The Kier molecular flexibility index (Phi) is 3.33. The molecule has 88 valence electrons. The maximum atomic E-state index is 5.73. The molecule has 0 saturated carbocycles. The molecule has 2 aliphatic rings. The summed E-state index contributed by atoms with van der Waals surface area (Å²) >= 11 is 0. The molecule has 0 spiro atoms. The fourth-order valence-corrected chi connectivity index (χ4v) is 2.76. The number of nitrogens with one attached hydrogen (secondary N) is 1. The first-order valence-electron chi connectivity index (χ1n) is 6.23. The number of ether oxygens (including phenoxy) is 1. The van der Waals surface area contributed by atoms with E-state index in [1.165, 1.54) is 19.4 Å². The van der Waals surface area contributed by atoms with Crippen LogP contribution in [-0.4, -0.2) is 48.8 Å². The van der Waals surface area contributed by atoms with E-state index in [0.717, 1.165) is 19.7 Å². The quantitative estimate of drug-likeness (QED) is 0.708. The fourth-order valence-electron chi connectivity index (χ4n) is 2.76. The minimum atomic E-state index is 0.270. The average molecular weight is 212 g/mol. The van der Waals surface area contributed by atoms with E-state index < -0.39 is 0 Å². The summed E-state index contributed by atoms with van der Waals surface area (Å²) in [6.07, 6.45) is 2.82.